The Kier molecular flexibility index (Phi) is 5.84. The van der Waals surface area contributed by atoms with Crippen LogP contribution in [0.5, 0.6) is 0 Å². The van der Waals surface area contributed by atoms with Gasteiger partial charge in [0.05, 0.1) is 0 Å². The fourth-order valence-electron chi connectivity index (χ4n) is 3.59. The molecule has 0 heterocycles. The number of aliphatic hydroxyl groups excluding tert-OH is 1. The number of carbonyl (C=O) groups excluding carboxylic acids is 1. The molecule has 1 fully saturated rings. The van der Waals surface area contributed by atoms with E-state index in [0.29, 0.717) is 6.42 Å². The molecule has 3 atom stereocenters. The summed E-state index contributed by atoms with van der Waals surface area (Å²) in [6, 6.07) is 20.5. The number of hydrogen-bond donors (Lipinski definition) is 1. The van der Waals surface area contributed by atoms with Crippen molar-refractivity contribution >= 4 is 5.97 Å². The van der Waals surface area contributed by atoms with Gasteiger partial charge in [0.1, 0.15) is 12.2 Å². The zero-order chi connectivity index (χ0) is 17.6. The van der Waals surface area contributed by atoms with Crippen molar-refractivity contribution < 1.29 is 14.6 Å². The summed E-state index contributed by atoms with van der Waals surface area (Å²) in [7, 11) is 0. The van der Waals surface area contributed by atoms with E-state index in [-0.39, 0.29) is 12.0 Å². The molecule has 4 nitrogen and oxygen atoms in total. The lowest BCUT2D eigenvalue weighted by Crippen LogP contribution is -2.43. The largest absolute Gasteiger partial charge is 0.460 e. The first-order chi connectivity index (χ1) is 12.1. The van der Waals surface area contributed by atoms with Crippen molar-refractivity contribution in [1.29, 1.82) is 0 Å². The highest BCUT2D eigenvalue weighted by Gasteiger charge is 2.40. The maximum atomic E-state index is 11.3. The van der Waals surface area contributed by atoms with E-state index in [2.05, 4.69) is 29.2 Å². The number of aliphatic hydroxyl groups is 1. The summed E-state index contributed by atoms with van der Waals surface area (Å²) in [6.45, 7) is 2.90. The zero-order valence-electron chi connectivity index (χ0n) is 14.5. The number of benzene rings is 2. The number of nitrogens with zero attached hydrogens (tertiary/aromatic N) is 1. The summed E-state index contributed by atoms with van der Waals surface area (Å²) in [5, 5.41) is 10.7. The molecular formula is C21H25NO3. The lowest BCUT2D eigenvalue weighted by Gasteiger charge is -2.32. The van der Waals surface area contributed by atoms with Crippen LogP contribution in [-0.2, 0) is 22.6 Å². The molecule has 4 heteroatoms. The van der Waals surface area contributed by atoms with E-state index in [1.807, 2.05) is 36.4 Å². The molecule has 0 saturated heterocycles. The molecule has 0 aromatic heterocycles. The standard InChI is InChI=1S/C21H25NO3/c1-16(23)25-20-13-12-19(21(20)24)22(14-17-8-4-2-5-9-17)15-18-10-6-3-7-11-18/h2-11,19-21,24H,12-15H2,1H3/t19-,20+,21-/m1/s1. The lowest BCUT2D eigenvalue weighted by atomic mass is 10.1. The maximum Gasteiger partial charge on any atom is 0.302 e. The monoisotopic (exact) mass is 339 g/mol. The Morgan fingerprint density at radius 1 is 1.00 bits per heavy atom. The molecule has 2 aromatic carbocycles. The van der Waals surface area contributed by atoms with Crippen LogP contribution in [0.1, 0.15) is 30.9 Å². The van der Waals surface area contributed by atoms with E-state index >= 15 is 0 Å². The quantitative estimate of drug-likeness (QED) is 0.822. The summed E-state index contributed by atoms with van der Waals surface area (Å²) < 4.78 is 5.29. The summed E-state index contributed by atoms with van der Waals surface area (Å²) in [6.07, 6.45) is 0.456. The number of esters is 1. The van der Waals surface area contributed by atoms with Gasteiger partial charge in [-0.15, -0.1) is 0 Å². The first kappa shape index (κ1) is 17.6. The van der Waals surface area contributed by atoms with E-state index in [9.17, 15) is 9.90 Å². The van der Waals surface area contributed by atoms with Crippen LogP contribution < -0.4 is 0 Å². The number of hydrogen-bond acceptors (Lipinski definition) is 4. The number of rotatable bonds is 6. The van der Waals surface area contributed by atoms with Gasteiger partial charge in [0.25, 0.3) is 0 Å². The highest BCUT2D eigenvalue weighted by molar-refractivity contribution is 5.66. The Hall–Kier alpha value is -2.17. The third-order valence-electron chi connectivity index (χ3n) is 4.77. The molecule has 1 saturated carbocycles. The molecule has 0 spiro atoms. The van der Waals surface area contributed by atoms with Gasteiger partial charge in [0, 0.05) is 26.1 Å². The molecular weight excluding hydrogens is 314 g/mol. The molecule has 0 unspecified atom stereocenters. The van der Waals surface area contributed by atoms with Crippen molar-refractivity contribution in [3.63, 3.8) is 0 Å². The average Bonchev–Trinajstić information content (AvgIpc) is 2.96. The second-order valence-electron chi connectivity index (χ2n) is 6.66. The lowest BCUT2D eigenvalue weighted by molar-refractivity contribution is -0.151. The minimum atomic E-state index is -0.656. The van der Waals surface area contributed by atoms with Gasteiger partial charge < -0.3 is 9.84 Å². The molecule has 0 radical (unpaired) electrons. The molecule has 3 rings (SSSR count). The molecule has 1 N–H and O–H groups in total. The third kappa shape index (κ3) is 4.68. The minimum absolute atomic E-state index is 0.0234. The predicted octanol–water partition coefficient (Wildman–Crippen LogP) is 3.14. The maximum absolute atomic E-state index is 11.3. The van der Waals surface area contributed by atoms with Crippen molar-refractivity contribution in [3.05, 3.63) is 71.8 Å². The van der Waals surface area contributed by atoms with E-state index in [4.69, 9.17) is 4.74 Å². The Morgan fingerprint density at radius 3 is 2.00 bits per heavy atom. The van der Waals surface area contributed by atoms with Crippen LogP contribution in [0.3, 0.4) is 0 Å². The van der Waals surface area contributed by atoms with Gasteiger partial charge in [-0.1, -0.05) is 60.7 Å². The van der Waals surface area contributed by atoms with Gasteiger partial charge in [-0.2, -0.15) is 0 Å². The molecule has 132 valence electrons. The van der Waals surface area contributed by atoms with Crippen molar-refractivity contribution in [2.45, 2.75) is 51.1 Å². The smallest absolute Gasteiger partial charge is 0.302 e. The summed E-state index contributed by atoms with van der Waals surface area (Å²) >= 11 is 0. The first-order valence-corrected chi connectivity index (χ1v) is 8.80. The molecule has 1 aliphatic carbocycles. The van der Waals surface area contributed by atoms with Crippen molar-refractivity contribution in [2.75, 3.05) is 0 Å². The SMILES string of the molecule is CC(=O)O[C@H]1CC[C@@H](N(Cc2ccccc2)Cc2ccccc2)[C@H]1O. The average molecular weight is 339 g/mol. The molecule has 0 amide bonds. The van der Waals surface area contributed by atoms with Crippen LogP contribution in [0.15, 0.2) is 60.7 Å². The second-order valence-corrected chi connectivity index (χ2v) is 6.66. The van der Waals surface area contributed by atoms with E-state index < -0.39 is 12.2 Å². The Balaban J connectivity index is 1.77. The molecule has 0 bridgehead atoms. The van der Waals surface area contributed by atoms with Gasteiger partial charge in [0.15, 0.2) is 0 Å². The first-order valence-electron chi connectivity index (χ1n) is 8.80. The second kappa shape index (κ2) is 8.28. The van der Waals surface area contributed by atoms with Crippen LogP contribution in [0, 0.1) is 0 Å². The molecule has 0 aliphatic heterocycles. The predicted molar refractivity (Wildman–Crippen MR) is 96.7 cm³/mol. The van der Waals surface area contributed by atoms with Crippen LogP contribution >= 0.6 is 0 Å². The fraction of sp³-hybridized carbons (Fsp3) is 0.381. The number of ether oxygens (including phenoxy) is 1. The molecule has 25 heavy (non-hydrogen) atoms. The van der Waals surface area contributed by atoms with Gasteiger partial charge in [-0.05, 0) is 24.0 Å². The van der Waals surface area contributed by atoms with E-state index in [1.165, 1.54) is 18.1 Å². The van der Waals surface area contributed by atoms with Gasteiger partial charge >= 0.3 is 5.97 Å². The summed E-state index contributed by atoms with van der Waals surface area (Å²) in [5.41, 5.74) is 2.42. The fourth-order valence-corrected chi connectivity index (χ4v) is 3.59. The number of carbonyl (C=O) groups is 1. The van der Waals surface area contributed by atoms with Gasteiger partial charge in [0.2, 0.25) is 0 Å². The van der Waals surface area contributed by atoms with Crippen LogP contribution in [-0.4, -0.2) is 34.2 Å². The minimum Gasteiger partial charge on any atom is -0.460 e. The zero-order valence-corrected chi connectivity index (χ0v) is 14.5. The van der Waals surface area contributed by atoms with Gasteiger partial charge in [-0.3, -0.25) is 9.69 Å². The third-order valence-corrected chi connectivity index (χ3v) is 4.77. The Morgan fingerprint density at radius 2 is 1.52 bits per heavy atom. The summed E-state index contributed by atoms with van der Waals surface area (Å²) in [4.78, 5) is 13.5. The van der Waals surface area contributed by atoms with Crippen molar-refractivity contribution in [3.8, 4) is 0 Å². The van der Waals surface area contributed by atoms with Crippen LogP contribution in [0.25, 0.3) is 0 Å². The van der Waals surface area contributed by atoms with E-state index in [0.717, 1.165) is 19.5 Å². The Bertz CT molecular complexity index is 633. The highest BCUT2D eigenvalue weighted by Crippen LogP contribution is 2.29. The van der Waals surface area contributed by atoms with Crippen molar-refractivity contribution in [1.82, 2.24) is 4.90 Å². The summed E-state index contributed by atoms with van der Waals surface area (Å²) in [5.74, 6) is -0.331. The van der Waals surface area contributed by atoms with E-state index in [1.54, 1.807) is 0 Å². The van der Waals surface area contributed by atoms with Crippen molar-refractivity contribution in [2.24, 2.45) is 0 Å². The highest BCUT2D eigenvalue weighted by atomic mass is 16.6. The van der Waals surface area contributed by atoms with Crippen LogP contribution in [0.2, 0.25) is 0 Å². The normalized spacial score (nSPS) is 22.9. The molecule has 2 aromatic rings. The molecule has 1 aliphatic rings. The Labute approximate surface area is 149 Å². The topological polar surface area (TPSA) is 49.8 Å². The van der Waals surface area contributed by atoms with Crippen LogP contribution in [0.4, 0.5) is 0 Å². The van der Waals surface area contributed by atoms with Gasteiger partial charge in [-0.25, -0.2) is 0 Å².